The van der Waals surface area contributed by atoms with Gasteiger partial charge in [0, 0.05) is 12.1 Å². The molecule has 1 heterocycles. The number of hydrogen-bond acceptors (Lipinski definition) is 7. The minimum atomic E-state index is -2.07. The lowest BCUT2D eigenvalue weighted by Crippen LogP contribution is -2.45. The highest BCUT2D eigenvalue weighted by atomic mass is 19.1. The van der Waals surface area contributed by atoms with Crippen LogP contribution in [-0.4, -0.2) is 39.9 Å². The highest BCUT2D eigenvalue weighted by Crippen LogP contribution is 2.47. The summed E-state index contributed by atoms with van der Waals surface area (Å²) < 4.78 is 27.7. The topological polar surface area (TPSA) is 114 Å². The van der Waals surface area contributed by atoms with Gasteiger partial charge in [-0.25, -0.2) is 9.18 Å². The van der Waals surface area contributed by atoms with Crippen LogP contribution in [0.5, 0.6) is 0 Å². The Morgan fingerprint density at radius 3 is 2.46 bits per heavy atom. The van der Waals surface area contributed by atoms with Crippen molar-refractivity contribution in [2.24, 2.45) is 17.8 Å². The summed E-state index contributed by atoms with van der Waals surface area (Å²) in [6.07, 6.45) is 0.341. The van der Waals surface area contributed by atoms with Gasteiger partial charge in [-0.2, -0.15) is 4.98 Å². The second kappa shape index (κ2) is 8.28. The molecule has 156 valence electrons. The van der Waals surface area contributed by atoms with Crippen molar-refractivity contribution in [2.45, 2.75) is 58.9 Å². The lowest BCUT2D eigenvalue weighted by Gasteiger charge is -2.31. The van der Waals surface area contributed by atoms with Crippen LogP contribution in [0.2, 0.25) is 0 Å². The number of carbonyl (C=O) groups is 2. The van der Waals surface area contributed by atoms with Crippen molar-refractivity contribution in [3.8, 4) is 0 Å². The molecule has 8 nitrogen and oxygen atoms in total. The van der Waals surface area contributed by atoms with E-state index in [0.29, 0.717) is 0 Å². The molecular weight excluding hydrogens is 369 g/mol. The third kappa shape index (κ3) is 4.51. The van der Waals surface area contributed by atoms with Crippen molar-refractivity contribution in [1.29, 1.82) is 0 Å². The number of halogens is 1. The van der Waals surface area contributed by atoms with Crippen molar-refractivity contribution in [3.05, 3.63) is 22.7 Å². The molecule has 0 saturated heterocycles. The lowest BCUT2D eigenvalue weighted by molar-refractivity contribution is -0.166. The molecule has 1 aromatic heterocycles. The van der Waals surface area contributed by atoms with Crippen molar-refractivity contribution < 1.29 is 23.5 Å². The van der Waals surface area contributed by atoms with Crippen LogP contribution in [0.1, 0.15) is 47.1 Å². The monoisotopic (exact) mass is 397 g/mol. The van der Waals surface area contributed by atoms with Gasteiger partial charge in [-0.1, -0.05) is 27.7 Å². The average molecular weight is 397 g/mol. The number of rotatable bonds is 6. The summed E-state index contributed by atoms with van der Waals surface area (Å²) in [5, 5.41) is 0. The molecule has 2 rings (SSSR count). The summed E-state index contributed by atoms with van der Waals surface area (Å²) in [4.78, 5) is 39.8. The van der Waals surface area contributed by atoms with E-state index in [1.165, 1.54) is 19.2 Å². The van der Waals surface area contributed by atoms with E-state index >= 15 is 4.39 Å². The van der Waals surface area contributed by atoms with E-state index in [0.717, 1.165) is 4.57 Å². The first-order valence-electron chi connectivity index (χ1n) is 9.35. The fourth-order valence-electron chi connectivity index (χ4n) is 3.32. The quantitative estimate of drug-likeness (QED) is 0.729. The molecule has 0 aromatic carbocycles. The van der Waals surface area contributed by atoms with Crippen molar-refractivity contribution in [2.75, 3.05) is 12.3 Å². The Labute approximate surface area is 163 Å². The fraction of sp³-hybridized carbons (Fsp3) is 0.684. The predicted molar refractivity (Wildman–Crippen MR) is 100 cm³/mol. The summed E-state index contributed by atoms with van der Waals surface area (Å²) in [6, 6.07) is 0.458. The molecular formula is C19H28FN3O5. The van der Waals surface area contributed by atoms with Crippen LogP contribution in [0.3, 0.4) is 0 Å². The number of anilines is 1. The SMILES string of the molecule is CC(C)C(=O)OC[C@H]1C[C@@H](n2ccc(N)nc2=O)[C@](C)(F)[C@@H]1OC(=O)C(C)C. The second-order valence-corrected chi connectivity index (χ2v) is 8.00. The molecule has 0 bridgehead atoms. The second-order valence-electron chi connectivity index (χ2n) is 8.00. The van der Waals surface area contributed by atoms with Crippen molar-refractivity contribution >= 4 is 17.8 Å². The van der Waals surface area contributed by atoms with E-state index < -0.39 is 47.3 Å². The van der Waals surface area contributed by atoms with Gasteiger partial charge in [0.25, 0.3) is 0 Å². The largest absolute Gasteiger partial charge is 0.465 e. The van der Waals surface area contributed by atoms with Crippen LogP contribution in [0.4, 0.5) is 10.2 Å². The van der Waals surface area contributed by atoms with Gasteiger partial charge >= 0.3 is 17.6 Å². The third-order valence-electron chi connectivity index (χ3n) is 4.97. The zero-order valence-corrected chi connectivity index (χ0v) is 16.8. The molecule has 2 N–H and O–H groups in total. The number of aromatic nitrogens is 2. The molecule has 0 aliphatic heterocycles. The van der Waals surface area contributed by atoms with Gasteiger partial charge in [-0.05, 0) is 19.4 Å². The predicted octanol–water partition coefficient (Wildman–Crippen LogP) is 1.88. The molecule has 1 aromatic rings. The lowest BCUT2D eigenvalue weighted by atomic mass is 9.98. The first-order valence-corrected chi connectivity index (χ1v) is 9.35. The van der Waals surface area contributed by atoms with Crippen molar-refractivity contribution in [1.82, 2.24) is 9.55 Å². The first-order chi connectivity index (χ1) is 12.9. The number of nitrogens with two attached hydrogens (primary N) is 1. The molecule has 0 unspecified atom stereocenters. The Kier molecular flexibility index (Phi) is 6.46. The molecule has 1 saturated carbocycles. The number of nitrogens with zero attached hydrogens (tertiary/aromatic N) is 2. The standard InChI is InChI=1S/C19H28FN3O5/c1-10(2)16(24)27-9-12-8-13(23-7-6-14(21)22-18(23)26)19(5,20)15(12)28-17(25)11(3)4/h6-7,10-13,15H,8-9H2,1-5H3,(H2,21,22,26)/t12-,13-,15-,19+/m1/s1. The van der Waals surface area contributed by atoms with Gasteiger partial charge in [0.15, 0.2) is 5.67 Å². The molecule has 1 aliphatic carbocycles. The van der Waals surface area contributed by atoms with E-state index in [1.54, 1.807) is 27.7 Å². The van der Waals surface area contributed by atoms with Gasteiger partial charge in [0.05, 0.1) is 24.5 Å². The summed E-state index contributed by atoms with van der Waals surface area (Å²) >= 11 is 0. The third-order valence-corrected chi connectivity index (χ3v) is 4.97. The number of esters is 2. The first kappa shape index (κ1) is 21.8. The van der Waals surface area contributed by atoms with Crippen LogP contribution >= 0.6 is 0 Å². The fourth-order valence-corrected chi connectivity index (χ4v) is 3.32. The Balaban J connectivity index is 2.34. The molecule has 1 aliphatic rings. The van der Waals surface area contributed by atoms with Crippen LogP contribution in [0.25, 0.3) is 0 Å². The summed E-state index contributed by atoms with van der Waals surface area (Å²) in [5.74, 6) is -2.34. The number of hydrogen-bond donors (Lipinski definition) is 1. The van der Waals surface area contributed by atoms with Crippen LogP contribution in [-0.2, 0) is 19.1 Å². The Morgan fingerprint density at radius 1 is 1.32 bits per heavy atom. The Hall–Kier alpha value is -2.45. The van der Waals surface area contributed by atoms with E-state index in [1.807, 2.05) is 0 Å². The maximum Gasteiger partial charge on any atom is 0.349 e. The molecule has 0 amide bonds. The van der Waals surface area contributed by atoms with Crippen LogP contribution in [0.15, 0.2) is 17.1 Å². The minimum Gasteiger partial charge on any atom is -0.465 e. The zero-order valence-electron chi connectivity index (χ0n) is 16.8. The minimum absolute atomic E-state index is 0.0324. The zero-order chi connectivity index (χ0) is 21.2. The maximum absolute atomic E-state index is 15.8. The maximum atomic E-state index is 15.8. The highest BCUT2D eigenvalue weighted by Gasteiger charge is 2.57. The molecule has 1 fully saturated rings. The number of alkyl halides is 1. The van der Waals surface area contributed by atoms with E-state index in [2.05, 4.69) is 4.98 Å². The number of nitrogen functional groups attached to an aromatic ring is 1. The summed E-state index contributed by atoms with van der Waals surface area (Å²) in [5.41, 5.74) is 2.75. The van der Waals surface area contributed by atoms with E-state index in [9.17, 15) is 14.4 Å². The van der Waals surface area contributed by atoms with Crippen LogP contribution < -0.4 is 11.4 Å². The molecule has 28 heavy (non-hydrogen) atoms. The van der Waals surface area contributed by atoms with Crippen molar-refractivity contribution in [3.63, 3.8) is 0 Å². The number of ether oxygens (including phenoxy) is 2. The average Bonchev–Trinajstić information content (AvgIpc) is 2.83. The summed E-state index contributed by atoms with van der Waals surface area (Å²) in [6.45, 7) is 7.84. The highest BCUT2D eigenvalue weighted by molar-refractivity contribution is 5.72. The molecule has 0 spiro atoms. The van der Waals surface area contributed by atoms with Gasteiger partial charge < -0.3 is 15.2 Å². The van der Waals surface area contributed by atoms with Crippen LogP contribution in [0, 0.1) is 17.8 Å². The number of carbonyl (C=O) groups excluding carboxylic acids is 2. The van der Waals surface area contributed by atoms with E-state index in [4.69, 9.17) is 15.2 Å². The van der Waals surface area contributed by atoms with Gasteiger partial charge in [-0.15, -0.1) is 0 Å². The Morgan fingerprint density at radius 2 is 1.93 bits per heavy atom. The molecule has 0 radical (unpaired) electrons. The van der Waals surface area contributed by atoms with Gasteiger partial charge in [-0.3, -0.25) is 14.2 Å². The van der Waals surface area contributed by atoms with Gasteiger partial charge in [0.1, 0.15) is 11.9 Å². The molecule has 9 heteroatoms. The smallest absolute Gasteiger partial charge is 0.349 e. The summed E-state index contributed by atoms with van der Waals surface area (Å²) in [7, 11) is 0. The van der Waals surface area contributed by atoms with Gasteiger partial charge in [0.2, 0.25) is 0 Å². The normalized spacial score (nSPS) is 27.2. The molecule has 4 atom stereocenters. The Bertz CT molecular complexity index is 790. The van der Waals surface area contributed by atoms with E-state index in [-0.39, 0.29) is 24.8 Å².